The molecule has 0 radical (unpaired) electrons. The average Bonchev–Trinajstić information content (AvgIpc) is 3.46. The number of para-hydroxylation sites is 1. The lowest BCUT2D eigenvalue weighted by atomic mass is 10.0. The van der Waals surface area contributed by atoms with Gasteiger partial charge in [-0.25, -0.2) is 0 Å². The normalized spacial score (nSPS) is 14.5. The molecule has 0 aromatic heterocycles. The molecule has 130 valence electrons. The van der Waals surface area contributed by atoms with Crippen LogP contribution in [-0.4, -0.2) is 25.5 Å². The maximum atomic E-state index is 13.0. The number of hydrogen-bond donors (Lipinski definition) is 1. The number of amides is 2. The van der Waals surface area contributed by atoms with Crippen molar-refractivity contribution in [3.63, 3.8) is 0 Å². The zero-order valence-corrected chi connectivity index (χ0v) is 14.5. The molecule has 25 heavy (non-hydrogen) atoms. The third kappa shape index (κ3) is 3.36. The van der Waals surface area contributed by atoms with Crippen LogP contribution >= 0.6 is 0 Å². The van der Waals surface area contributed by atoms with Crippen molar-refractivity contribution in [1.29, 1.82) is 0 Å². The van der Waals surface area contributed by atoms with Crippen molar-refractivity contribution >= 4 is 23.2 Å². The molecule has 1 aliphatic carbocycles. The van der Waals surface area contributed by atoms with Crippen molar-refractivity contribution in [2.45, 2.75) is 19.8 Å². The van der Waals surface area contributed by atoms with Crippen LogP contribution in [0.1, 0.15) is 19.8 Å². The van der Waals surface area contributed by atoms with Crippen molar-refractivity contribution in [3.8, 4) is 5.75 Å². The van der Waals surface area contributed by atoms with Crippen LogP contribution in [0.4, 0.5) is 11.4 Å². The molecule has 5 nitrogen and oxygen atoms in total. The maximum Gasteiger partial charge on any atom is 0.242 e. The molecule has 0 spiro atoms. The molecule has 1 aliphatic rings. The first-order valence-corrected chi connectivity index (χ1v) is 8.43. The first kappa shape index (κ1) is 17.0. The molecule has 2 amide bonds. The number of carbonyl (C=O) groups excluding carboxylic acids is 2. The SMILES string of the molecule is CCN(C(=O)C1(C(=O)Nc2ccc(OC)cc2)CC1)c1ccccc1. The summed E-state index contributed by atoms with van der Waals surface area (Å²) in [4.78, 5) is 27.5. The number of hydrogen-bond acceptors (Lipinski definition) is 3. The van der Waals surface area contributed by atoms with E-state index in [1.54, 1.807) is 36.3 Å². The third-order valence-electron chi connectivity index (χ3n) is 4.57. The Morgan fingerprint density at radius 3 is 2.24 bits per heavy atom. The molecule has 2 aromatic carbocycles. The fraction of sp³-hybridized carbons (Fsp3) is 0.300. The van der Waals surface area contributed by atoms with E-state index in [4.69, 9.17) is 4.74 Å². The summed E-state index contributed by atoms with van der Waals surface area (Å²) in [5, 5.41) is 2.87. The van der Waals surface area contributed by atoms with Crippen LogP contribution < -0.4 is 15.0 Å². The number of nitrogens with one attached hydrogen (secondary N) is 1. The minimum atomic E-state index is -0.953. The Bertz CT molecular complexity index is 752. The van der Waals surface area contributed by atoms with E-state index in [9.17, 15) is 9.59 Å². The van der Waals surface area contributed by atoms with Crippen molar-refractivity contribution < 1.29 is 14.3 Å². The third-order valence-corrected chi connectivity index (χ3v) is 4.57. The maximum absolute atomic E-state index is 13.0. The van der Waals surface area contributed by atoms with Gasteiger partial charge in [0.15, 0.2) is 0 Å². The van der Waals surface area contributed by atoms with Crippen molar-refractivity contribution in [2.75, 3.05) is 23.9 Å². The van der Waals surface area contributed by atoms with Gasteiger partial charge in [0.2, 0.25) is 11.8 Å². The van der Waals surface area contributed by atoms with Gasteiger partial charge in [0.05, 0.1) is 7.11 Å². The van der Waals surface area contributed by atoms with Gasteiger partial charge in [-0.15, -0.1) is 0 Å². The molecule has 0 bridgehead atoms. The van der Waals surface area contributed by atoms with Crippen LogP contribution in [0.25, 0.3) is 0 Å². The lowest BCUT2D eigenvalue weighted by Crippen LogP contribution is -2.43. The Morgan fingerprint density at radius 1 is 1.08 bits per heavy atom. The van der Waals surface area contributed by atoms with Crippen molar-refractivity contribution in [1.82, 2.24) is 0 Å². The van der Waals surface area contributed by atoms with Crippen molar-refractivity contribution in [2.24, 2.45) is 5.41 Å². The molecule has 1 N–H and O–H groups in total. The highest BCUT2D eigenvalue weighted by molar-refractivity contribution is 6.17. The van der Waals surface area contributed by atoms with Gasteiger partial charge in [0.1, 0.15) is 11.2 Å². The number of carbonyl (C=O) groups is 2. The molecule has 1 saturated carbocycles. The standard InChI is InChI=1S/C20H22N2O3/c1-3-22(16-7-5-4-6-8-16)19(24)20(13-14-20)18(23)21-15-9-11-17(25-2)12-10-15/h4-12H,3,13-14H2,1-2H3,(H,21,23). The Kier molecular flexibility index (Phi) is 4.74. The number of methoxy groups -OCH3 is 1. The second-order valence-corrected chi connectivity index (χ2v) is 6.15. The van der Waals surface area contributed by atoms with E-state index in [2.05, 4.69) is 5.32 Å². The summed E-state index contributed by atoms with van der Waals surface area (Å²) in [6, 6.07) is 16.6. The highest BCUT2D eigenvalue weighted by atomic mass is 16.5. The minimum absolute atomic E-state index is 0.132. The second-order valence-electron chi connectivity index (χ2n) is 6.15. The van der Waals surface area contributed by atoms with Gasteiger partial charge in [-0.1, -0.05) is 18.2 Å². The van der Waals surface area contributed by atoms with Gasteiger partial charge in [0, 0.05) is 17.9 Å². The minimum Gasteiger partial charge on any atom is -0.497 e. The topological polar surface area (TPSA) is 58.6 Å². The van der Waals surface area contributed by atoms with E-state index in [1.807, 2.05) is 37.3 Å². The van der Waals surface area contributed by atoms with Gasteiger partial charge >= 0.3 is 0 Å². The molecular weight excluding hydrogens is 316 g/mol. The molecule has 0 atom stereocenters. The number of benzene rings is 2. The molecule has 0 saturated heterocycles. The fourth-order valence-electron chi connectivity index (χ4n) is 2.90. The van der Waals surface area contributed by atoms with E-state index >= 15 is 0 Å². The Labute approximate surface area is 147 Å². The molecule has 1 fully saturated rings. The monoisotopic (exact) mass is 338 g/mol. The largest absolute Gasteiger partial charge is 0.497 e. The smallest absolute Gasteiger partial charge is 0.242 e. The summed E-state index contributed by atoms with van der Waals surface area (Å²) in [5.41, 5.74) is 0.525. The summed E-state index contributed by atoms with van der Waals surface area (Å²) in [6.45, 7) is 2.45. The van der Waals surface area contributed by atoms with Crippen molar-refractivity contribution in [3.05, 3.63) is 54.6 Å². The lowest BCUT2D eigenvalue weighted by molar-refractivity contribution is -0.132. The summed E-state index contributed by atoms with van der Waals surface area (Å²) in [5.74, 6) is 0.348. The van der Waals surface area contributed by atoms with E-state index in [1.165, 1.54) is 0 Å². The molecule has 0 unspecified atom stereocenters. The predicted octanol–water partition coefficient (Wildman–Crippen LogP) is 3.47. The second kappa shape index (κ2) is 6.97. The summed E-state index contributed by atoms with van der Waals surface area (Å²) in [6.07, 6.45) is 1.16. The molecule has 0 aliphatic heterocycles. The highest BCUT2D eigenvalue weighted by Gasteiger charge is 2.58. The Hall–Kier alpha value is -2.82. The van der Waals surface area contributed by atoms with Crippen LogP contribution in [0.5, 0.6) is 5.75 Å². The quantitative estimate of drug-likeness (QED) is 0.821. The van der Waals surface area contributed by atoms with Crippen LogP contribution in [0.3, 0.4) is 0 Å². The van der Waals surface area contributed by atoms with Gasteiger partial charge < -0.3 is 15.0 Å². The van der Waals surface area contributed by atoms with Gasteiger partial charge in [-0.3, -0.25) is 9.59 Å². The predicted molar refractivity (Wildman–Crippen MR) is 97.8 cm³/mol. The van der Waals surface area contributed by atoms with Crippen LogP contribution in [-0.2, 0) is 9.59 Å². The number of nitrogens with zero attached hydrogens (tertiary/aromatic N) is 1. The Balaban J connectivity index is 1.75. The lowest BCUT2D eigenvalue weighted by Gasteiger charge is -2.26. The molecule has 0 heterocycles. The zero-order valence-electron chi connectivity index (χ0n) is 14.5. The van der Waals surface area contributed by atoms with Gasteiger partial charge in [0.25, 0.3) is 0 Å². The molecule has 3 rings (SSSR count). The average molecular weight is 338 g/mol. The van der Waals surface area contributed by atoms with Crippen LogP contribution in [0.2, 0.25) is 0 Å². The molecule has 2 aromatic rings. The zero-order chi connectivity index (χ0) is 17.9. The fourth-order valence-corrected chi connectivity index (χ4v) is 2.90. The summed E-state index contributed by atoms with van der Waals surface area (Å²) >= 11 is 0. The van der Waals surface area contributed by atoms with Crippen LogP contribution in [0, 0.1) is 5.41 Å². The highest BCUT2D eigenvalue weighted by Crippen LogP contribution is 2.48. The van der Waals surface area contributed by atoms with Crippen LogP contribution in [0.15, 0.2) is 54.6 Å². The molecular formula is C20H22N2O3. The first-order chi connectivity index (χ1) is 12.1. The summed E-state index contributed by atoms with van der Waals surface area (Å²) in [7, 11) is 1.59. The van der Waals surface area contributed by atoms with E-state index in [-0.39, 0.29) is 11.8 Å². The molecule has 5 heteroatoms. The first-order valence-electron chi connectivity index (χ1n) is 8.43. The van der Waals surface area contributed by atoms with E-state index in [0.29, 0.717) is 25.1 Å². The Morgan fingerprint density at radius 2 is 1.72 bits per heavy atom. The number of ether oxygens (including phenoxy) is 1. The van der Waals surface area contributed by atoms with E-state index < -0.39 is 5.41 Å². The summed E-state index contributed by atoms with van der Waals surface area (Å²) < 4.78 is 5.11. The number of anilines is 2. The van der Waals surface area contributed by atoms with Gasteiger partial charge in [-0.2, -0.15) is 0 Å². The van der Waals surface area contributed by atoms with E-state index in [0.717, 1.165) is 11.4 Å². The van der Waals surface area contributed by atoms with Gasteiger partial charge in [-0.05, 0) is 56.2 Å². The number of rotatable bonds is 6.